The van der Waals surface area contributed by atoms with Crippen molar-refractivity contribution in [2.24, 2.45) is 5.41 Å². The summed E-state index contributed by atoms with van der Waals surface area (Å²) in [4.78, 5) is 0. The molecule has 3 aromatic rings. The van der Waals surface area contributed by atoms with Gasteiger partial charge in [-0.05, 0) is 61.9 Å². The number of aromatic nitrogens is 1. The van der Waals surface area contributed by atoms with Crippen LogP contribution in [0.3, 0.4) is 0 Å². The Balaban J connectivity index is 1.94. The Bertz CT molecular complexity index is 1170. The van der Waals surface area contributed by atoms with Crippen molar-refractivity contribution in [2.75, 3.05) is 0 Å². The molecule has 0 radical (unpaired) electrons. The van der Waals surface area contributed by atoms with Crippen molar-refractivity contribution in [1.29, 1.82) is 0 Å². The van der Waals surface area contributed by atoms with Crippen LogP contribution >= 0.6 is 0 Å². The van der Waals surface area contributed by atoms with Crippen LogP contribution in [-0.2, 0) is 17.4 Å². The van der Waals surface area contributed by atoms with Crippen molar-refractivity contribution >= 4 is 10.9 Å². The third-order valence-electron chi connectivity index (χ3n) is 9.39. The number of fused-ring (bicyclic) bond motifs is 8. The number of para-hydroxylation sites is 1. The minimum atomic E-state index is 0.141. The van der Waals surface area contributed by atoms with Gasteiger partial charge in [0.05, 0.1) is 11.0 Å². The lowest BCUT2D eigenvalue weighted by molar-refractivity contribution is -0.718. The standard InChI is InChI=1S/C30H38N/c1-7-11-14-22-17-18-25-24(20-22)27-21(5)19-23-15-12-13-16-26(23)31(27)30(10-4)28(6,8-2)29(25,30)9-3/h12-13,15-20H,7-11,14H2,1-6H3/q+1. The minimum Gasteiger partial charge on any atom is -0.184 e. The summed E-state index contributed by atoms with van der Waals surface area (Å²) in [5, 5.41) is 1.37. The lowest BCUT2D eigenvalue weighted by Crippen LogP contribution is -2.56. The minimum absolute atomic E-state index is 0.141. The molecule has 0 saturated heterocycles. The Morgan fingerprint density at radius 2 is 1.65 bits per heavy atom. The van der Waals surface area contributed by atoms with Crippen molar-refractivity contribution in [3.8, 4) is 11.3 Å². The van der Waals surface area contributed by atoms with Crippen molar-refractivity contribution in [1.82, 2.24) is 0 Å². The number of pyridine rings is 1. The quantitative estimate of drug-likeness (QED) is 0.366. The molecule has 1 saturated carbocycles. The summed E-state index contributed by atoms with van der Waals surface area (Å²) in [5.74, 6) is 0. The summed E-state index contributed by atoms with van der Waals surface area (Å²) in [5.41, 5.74) is 9.50. The van der Waals surface area contributed by atoms with Crippen LogP contribution < -0.4 is 4.57 Å². The molecule has 31 heavy (non-hydrogen) atoms. The topological polar surface area (TPSA) is 3.88 Å². The Morgan fingerprint density at radius 1 is 0.871 bits per heavy atom. The molecular formula is C30H38N+. The van der Waals surface area contributed by atoms with Crippen LogP contribution in [-0.4, -0.2) is 0 Å². The molecule has 3 atom stereocenters. The van der Waals surface area contributed by atoms with Crippen molar-refractivity contribution in [3.63, 3.8) is 0 Å². The van der Waals surface area contributed by atoms with Gasteiger partial charge >= 0.3 is 0 Å². The van der Waals surface area contributed by atoms with Crippen LogP contribution in [0.4, 0.5) is 0 Å². The lowest BCUT2D eigenvalue weighted by atomic mass is 9.76. The molecule has 0 bridgehead atoms. The lowest BCUT2D eigenvalue weighted by Gasteiger charge is -2.30. The van der Waals surface area contributed by atoms with Gasteiger partial charge < -0.3 is 0 Å². The zero-order valence-corrected chi connectivity index (χ0v) is 20.3. The first-order valence-corrected chi connectivity index (χ1v) is 12.6. The van der Waals surface area contributed by atoms with Gasteiger partial charge in [-0.25, -0.2) is 0 Å². The van der Waals surface area contributed by atoms with Gasteiger partial charge in [0, 0.05) is 28.9 Å². The molecule has 2 aliphatic rings. The average molecular weight is 413 g/mol. The Hall–Kier alpha value is -2.15. The number of unbranched alkanes of at least 4 members (excludes halogenated alkanes) is 1. The van der Waals surface area contributed by atoms with Gasteiger partial charge in [0.25, 0.3) is 0 Å². The number of hydrogen-bond donors (Lipinski definition) is 0. The molecule has 0 spiro atoms. The summed E-state index contributed by atoms with van der Waals surface area (Å²) in [6, 6.07) is 19.0. The van der Waals surface area contributed by atoms with Crippen molar-refractivity contribution in [3.05, 3.63) is 65.2 Å². The van der Waals surface area contributed by atoms with Crippen LogP contribution in [0.15, 0.2) is 48.5 Å². The molecule has 1 aliphatic carbocycles. The van der Waals surface area contributed by atoms with Crippen molar-refractivity contribution < 1.29 is 4.57 Å². The fourth-order valence-electron chi connectivity index (χ4n) is 8.04. The first-order valence-electron chi connectivity index (χ1n) is 12.6. The number of benzene rings is 2. The highest BCUT2D eigenvalue weighted by Crippen LogP contribution is 2.81. The van der Waals surface area contributed by atoms with E-state index in [-0.39, 0.29) is 16.4 Å². The molecule has 162 valence electrons. The largest absolute Gasteiger partial charge is 0.216 e. The third-order valence-corrected chi connectivity index (χ3v) is 9.39. The predicted octanol–water partition coefficient (Wildman–Crippen LogP) is 7.64. The first-order chi connectivity index (χ1) is 15.0. The van der Waals surface area contributed by atoms with E-state index in [1.807, 2.05) is 0 Å². The molecule has 1 fully saturated rings. The van der Waals surface area contributed by atoms with Gasteiger partial charge in [0.2, 0.25) is 11.2 Å². The average Bonchev–Trinajstić information content (AvgIpc) is 3.31. The van der Waals surface area contributed by atoms with E-state index in [2.05, 4.69) is 94.6 Å². The highest BCUT2D eigenvalue weighted by Gasteiger charge is 2.91. The molecule has 2 aromatic carbocycles. The van der Waals surface area contributed by atoms with E-state index in [1.54, 1.807) is 5.56 Å². The maximum atomic E-state index is 2.82. The number of hydrogen-bond acceptors (Lipinski definition) is 0. The van der Waals surface area contributed by atoms with Gasteiger partial charge in [-0.2, -0.15) is 4.57 Å². The highest BCUT2D eigenvalue weighted by molar-refractivity contribution is 5.82. The Kier molecular flexibility index (Phi) is 4.63. The van der Waals surface area contributed by atoms with Crippen LogP contribution in [0.1, 0.15) is 83.4 Å². The highest BCUT2D eigenvalue weighted by atomic mass is 15.2. The molecule has 2 heterocycles. The van der Waals surface area contributed by atoms with Crippen molar-refractivity contribution in [2.45, 2.75) is 91.0 Å². The van der Waals surface area contributed by atoms with Gasteiger partial charge in [-0.3, -0.25) is 0 Å². The summed E-state index contributed by atoms with van der Waals surface area (Å²) in [7, 11) is 0. The summed E-state index contributed by atoms with van der Waals surface area (Å²) in [6.45, 7) is 14.5. The molecular weight excluding hydrogens is 374 g/mol. The fourth-order valence-corrected chi connectivity index (χ4v) is 8.04. The maximum Gasteiger partial charge on any atom is 0.216 e. The second kappa shape index (κ2) is 6.92. The molecule has 0 amide bonds. The van der Waals surface area contributed by atoms with E-state index in [0.29, 0.717) is 0 Å². The summed E-state index contributed by atoms with van der Waals surface area (Å²) >= 11 is 0. The Labute approximate surface area is 188 Å². The third kappa shape index (κ3) is 2.21. The molecule has 1 heteroatoms. The fraction of sp³-hybridized carbons (Fsp3) is 0.500. The van der Waals surface area contributed by atoms with E-state index < -0.39 is 0 Å². The smallest absolute Gasteiger partial charge is 0.184 e. The monoisotopic (exact) mass is 412 g/mol. The maximum absolute atomic E-state index is 2.82. The second-order valence-electron chi connectivity index (χ2n) is 10.2. The number of rotatable bonds is 6. The van der Waals surface area contributed by atoms with Gasteiger partial charge in [0.1, 0.15) is 0 Å². The number of nitrogens with zero attached hydrogens (tertiary/aromatic N) is 1. The predicted molar refractivity (Wildman–Crippen MR) is 132 cm³/mol. The van der Waals surface area contributed by atoms with E-state index in [4.69, 9.17) is 0 Å². The molecule has 3 unspecified atom stereocenters. The SMILES string of the molecule is CCCCc1ccc2c(c1)-c1c(C)cc3ccccc3[n+]1C1(CC)C(C)(CC)C21CC. The van der Waals surface area contributed by atoms with E-state index in [0.717, 1.165) is 0 Å². The van der Waals surface area contributed by atoms with E-state index >= 15 is 0 Å². The molecule has 1 nitrogen and oxygen atoms in total. The van der Waals surface area contributed by atoms with Gasteiger partial charge in [-0.1, -0.05) is 65.3 Å². The summed E-state index contributed by atoms with van der Waals surface area (Å²) < 4.78 is 2.82. The first kappa shape index (κ1) is 20.7. The van der Waals surface area contributed by atoms with E-state index in [9.17, 15) is 0 Å². The normalized spacial score (nSPS) is 28.2. The molecule has 1 aromatic heterocycles. The van der Waals surface area contributed by atoms with Gasteiger partial charge in [-0.15, -0.1) is 0 Å². The number of aryl methyl sites for hydroxylation is 2. The molecule has 1 aliphatic heterocycles. The Morgan fingerprint density at radius 3 is 2.32 bits per heavy atom. The summed E-state index contributed by atoms with van der Waals surface area (Å²) in [6.07, 6.45) is 7.27. The van der Waals surface area contributed by atoms with Crippen LogP contribution in [0, 0.1) is 12.3 Å². The van der Waals surface area contributed by atoms with Crippen LogP contribution in [0.5, 0.6) is 0 Å². The van der Waals surface area contributed by atoms with Crippen LogP contribution in [0.2, 0.25) is 0 Å². The molecule has 5 rings (SSSR count). The van der Waals surface area contributed by atoms with E-state index in [1.165, 1.54) is 71.8 Å². The van der Waals surface area contributed by atoms with Crippen LogP contribution in [0.25, 0.3) is 22.2 Å². The zero-order chi connectivity index (χ0) is 22.0. The molecule has 0 N–H and O–H groups in total. The van der Waals surface area contributed by atoms with Gasteiger partial charge in [0.15, 0.2) is 5.54 Å². The zero-order valence-electron chi connectivity index (χ0n) is 20.3. The second-order valence-corrected chi connectivity index (χ2v) is 10.2.